The van der Waals surface area contributed by atoms with Crippen LogP contribution in [0.4, 0.5) is 6.01 Å². The van der Waals surface area contributed by atoms with Crippen molar-refractivity contribution < 1.29 is 13.9 Å². The van der Waals surface area contributed by atoms with Gasteiger partial charge >= 0.3 is 6.01 Å². The molecular formula is C23H21N3O3S. The highest BCUT2D eigenvalue weighted by atomic mass is 32.2. The number of carbonyl (C=O) groups excluding carboxylic acids is 1. The third-order valence-electron chi connectivity index (χ3n) is 4.21. The lowest BCUT2D eigenvalue weighted by atomic mass is 10.1. The molecule has 0 atom stereocenters. The summed E-state index contributed by atoms with van der Waals surface area (Å²) < 4.78 is 11.2. The van der Waals surface area contributed by atoms with E-state index in [-0.39, 0.29) is 18.5 Å². The standard InChI is InChI=1S/C23H21N3O3S/c1-15(2)30-20-9-5-8-18(13-20)22-25-26-23(29-22)24-21(27)14-28-19-11-10-16-6-3-4-7-17(16)12-19/h3-13,15H,14H2,1-2H3,(H,24,26,27). The fourth-order valence-corrected chi connectivity index (χ4v) is 3.82. The van der Waals surface area contributed by atoms with Crippen LogP contribution in [0.2, 0.25) is 0 Å². The highest BCUT2D eigenvalue weighted by Gasteiger charge is 2.13. The molecule has 0 bridgehead atoms. The number of hydrogen-bond donors (Lipinski definition) is 1. The molecule has 152 valence electrons. The molecule has 30 heavy (non-hydrogen) atoms. The van der Waals surface area contributed by atoms with Crippen molar-refractivity contribution in [2.45, 2.75) is 24.0 Å². The Hall–Kier alpha value is -3.32. The lowest BCUT2D eigenvalue weighted by molar-refractivity contribution is -0.118. The summed E-state index contributed by atoms with van der Waals surface area (Å²) in [5.74, 6) is 0.601. The maximum atomic E-state index is 12.2. The van der Waals surface area contributed by atoms with Gasteiger partial charge in [0, 0.05) is 15.7 Å². The van der Waals surface area contributed by atoms with E-state index in [4.69, 9.17) is 9.15 Å². The number of hydrogen-bond acceptors (Lipinski definition) is 6. The summed E-state index contributed by atoms with van der Waals surface area (Å²) in [6.07, 6.45) is 0. The van der Waals surface area contributed by atoms with Crippen LogP contribution in [0.25, 0.3) is 22.2 Å². The zero-order chi connectivity index (χ0) is 20.9. The Balaban J connectivity index is 1.36. The zero-order valence-electron chi connectivity index (χ0n) is 16.7. The van der Waals surface area contributed by atoms with Crippen molar-refractivity contribution in [2.24, 2.45) is 0 Å². The molecule has 1 N–H and O–H groups in total. The predicted molar refractivity (Wildman–Crippen MR) is 119 cm³/mol. The Morgan fingerprint density at radius 1 is 1.03 bits per heavy atom. The number of fused-ring (bicyclic) bond motifs is 1. The zero-order valence-corrected chi connectivity index (χ0v) is 17.5. The molecule has 0 saturated carbocycles. The van der Waals surface area contributed by atoms with Gasteiger partial charge in [-0.05, 0) is 41.1 Å². The SMILES string of the molecule is CC(C)Sc1cccc(-c2nnc(NC(=O)COc3ccc4ccccc4c3)o2)c1. The summed E-state index contributed by atoms with van der Waals surface area (Å²) in [5, 5.41) is 13.2. The number of aromatic nitrogens is 2. The van der Waals surface area contributed by atoms with Crippen molar-refractivity contribution in [3.63, 3.8) is 0 Å². The molecule has 6 nitrogen and oxygen atoms in total. The second kappa shape index (κ2) is 9.00. The normalized spacial score (nSPS) is 11.0. The Bertz CT molecular complexity index is 1170. The number of carbonyl (C=O) groups is 1. The summed E-state index contributed by atoms with van der Waals surface area (Å²) >= 11 is 1.75. The van der Waals surface area contributed by atoms with E-state index in [0.717, 1.165) is 21.2 Å². The number of nitrogens with zero attached hydrogens (tertiary/aromatic N) is 2. The molecule has 1 aromatic heterocycles. The van der Waals surface area contributed by atoms with Gasteiger partial charge in [0.1, 0.15) is 5.75 Å². The Kier molecular flexibility index (Phi) is 5.99. The number of nitrogens with one attached hydrogen (secondary N) is 1. The lowest BCUT2D eigenvalue weighted by Crippen LogP contribution is -2.20. The van der Waals surface area contributed by atoms with E-state index in [1.165, 1.54) is 0 Å². The minimum atomic E-state index is -0.373. The molecule has 0 spiro atoms. The van der Waals surface area contributed by atoms with Crippen LogP contribution < -0.4 is 10.1 Å². The average molecular weight is 420 g/mol. The number of benzene rings is 3. The number of amides is 1. The van der Waals surface area contributed by atoms with Gasteiger partial charge in [-0.3, -0.25) is 10.1 Å². The van der Waals surface area contributed by atoms with Crippen LogP contribution in [0.3, 0.4) is 0 Å². The fraction of sp³-hybridized carbons (Fsp3) is 0.174. The van der Waals surface area contributed by atoms with Crippen LogP contribution in [-0.4, -0.2) is 28.0 Å². The first-order valence-electron chi connectivity index (χ1n) is 9.59. The molecule has 1 heterocycles. The third-order valence-corrected chi connectivity index (χ3v) is 5.21. The monoisotopic (exact) mass is 419 g/mol. The van der Waals surface area contributed by atoms with Crippen LogP contribution >= 0.6 is 11.8 Å². The number of anilines is 1. The van der Waals surface area contributed by atoms with Gasteiger partial charge in [0.05, 0.1) is 0 Å². The maximum Gasteiger partial charge on any atom is 0.322 e. The average Bonchev–Trinajstić information content (AvgIpc) is 3.20. The topological polar surface area (TPSA) is 77.2 Å². The number of rotatable bonds is 7. The summed E-state index contributed by atoms with van der Waals surface area (Å²) in [6.45, 7) is 4.12. The minimum absolute atomic E-state index is 0.0408. The van der Waals surface area contributed by atoms with Gasteiger partial charge < -0.3 is 9.15 Å². The van der Waals surface area contributed by atoms with Gasteiger partial charge in [-0.25, -0.2) is 0 Å². The predicted octanol–water partition coefficient (Wildman–Crippen LogP) is 5.41. The first-order valence-corrected chi connectivity index (χ1v) is 10.5. The number of ether oxygens (including phenoxy) is 1. The van der Waals surface area contributed by atoms with Gasteiger partial charge in [0.15, 0.2) is 6.61 Å². The van der Waals surface area contributed by atoms with Crippen molar-refractivity contribution in [1.29, 1.82) is 0 Å². The van der Waals surface area contributed by atoms with Crippen LogP contribution in [-0.2, 0) is 4.79 Å². The van der Waals surface area contributed by atoms with Crippen LogP contribution in [0.5, 0.6) is 5.75 Å². The molecule has 0 unspecified atom stereocenters. The molecule has 0 fully saturated rings. The van der Waals surface area contributed by atoms with Gasteiger partial charge in [0.2, 0.25) is 5.89 Å². The van der Waals surface area contributed by atoms with E-state index in [1.807, 2.05) is 66.7 Å². The van der Waals surface area contributed by atoms with E-state index >= 15 is 0 Å². The third kappa shape index (κ3) is 4.99. The van der Waals surface area contributed by atoms with E-state index in [2.05, 4.69) is 29.4 Å². The minimum Gasteiger partial charge on any atom is -0.484 e. The quantitative estimate of drug-likeness (QED) is 0.404. The van der Waals surface area contributed by atoms with Crippen molar-refractivity contribution in [3.05, 3.63) is 66.7 Å². The van der Waals surface area contributed by atoms with Crippen molar-refractivity contribution in [2.75, 3.05) is 11.9 Å². The Morgan fingerprint density at radius 3 is 2.70 bits per heavy atom. The van der Waals surface area contributed by atoms with Crippen LogP contribution in [0, 0.1) is 0 Å². The summed E-state index contributed by atoms with van der Waals surface area (Å²) in [7, 11) is 0. The highest BCUT2D eigenvalue weighted by molar-refractivity contribution is 7.99. The maximum absolute atomic E-state index is 12.2. The molecule has 1 amide bonds. The molecule has 0 saturated heterocycles. The first-order chi connectivity index (χ1) is 14.6. The molecular weight excluding hydrogens is 398 g/mol. The summed E-state index contributed by atoms with van der Waals surface area (Å²) in [4.78, 5) is 13.3. The molecule has 4 rings (SSSR count). The molecule has 0 aliphatic heterocycles. The Labute approximate surface area is 178 Å². The second-order valence-electron chi connectivity index (χ2n) is 6.95. The number of thioether (sulfide) groups is 1. The molecule has 0 aliphatic carbocycles. The van der Waals surface area contributed by atoms with Gasteiger partial charge in [-0.15, -0.1) is 16.9 Å². The van der Waals surface area contributed by atoms with Gasteiger partial charge in [0.25, 0.3) is 5.91 Å². The fourth-order valence-electron chi connectivity index (χ4n) is 2.93. The molecule has 0 aliphatic rings. The van der Waals surface area contributed by atoms with Crippen molar-refractivity contribution >= 4 is 34.5 Å². The largest absolute Gasteiger partial charge is 0.484 e. The molecule has 4 aromatic rings. The Morgan fingerprint density at radius 2 is 1.87 bits per heavy atom. The molecule has 7 heteroatoms. The van der Waals surface area contributed by atoms with Gasteiger partial charge in [-0.2, -0.15) is 0 Å². The van der Waals surface area contributed by atoms with E-state index in [0.29, 0.717) is 16.9 Å². The summed E-state index contributed by atoms with van der Waals surface area (Å²) in [5.41, 5.74) is 0.807. The van der Waals surface area contributed by atoms with Gasteiger partial charge in [-0.1, -0.05) is 55.3 Å². The van der Waals surface area contributed by atoms with E-state index < -0.39 is 0 Å². The smallest absolute Gasteiger partial charge is 0.322 e. The molecule has 3 aromatic carbocycles. The summed E-state index contributed by atoms with van der Waals surface area (Å²) in [6, 6.07) is 21.6. The highest BCUT2D eigenvalue weighted by Crippen LogP contribution is 2.28. The van der Waals surface area contributed by atoms with E-state index in [9.17, 15) is 4.79 Å². The van der Waals surface area contributed by atoms with E-state index in [1.54, 1.807) is 11.8 Å². The van der Waals surface area contributed by atoms with Crippen molar-refractivity contribution in [3.8, 4) is 17.2 Å². The van der Waals surface area contributed by atoms with Crippen LogP contribution in [0.1, 0.15) is 13.8 Å². The van der Waals surface area contributed by atoms with Crippen LogP contribution in [0.15, 0.2) is 76.0 Å². The molecule has 0 radical (unpaired) electrons. The first kappa shape index (κ1) is 20.0. The second-order valence-corrected chi connectivity index (χ2v) is 8.60. The lowest BCUT2D eigenvalue weighted by Gasteiger charge is -2.06. The van der Waals surface area contributed by atoms with Crippen molar-refractivity contribution in [1.82, 2.24) is 10.2 Å².